The lowest BCUT2D eigenvalue weighted by atomic mass is 10.0. The normalized spacial score (nSPS) is 20.2. The van der Waals surface area contributed by atoms with Crippen molar-refractivity contribution in [2.45, 2.75) is 32.2 Å². The lowest BCUT2D eigenvalue weighted by molar-refractivity contribution is -0.151. The third kappa shape index (κ3) is 4.33. The van der Waals surface area contributed by atoms with Gasteiger partial charge in [0.1, 0.15) is 6.04 Å². The first kappa shape index (κ1) is 14.4. The van der Waals surface area contributed by atoms with E-state index in [1.165, 1.54) is 0 Å². The largest absolute Gasteiger partial charge is 0.465 e. The Hall–Kier alpha value is -1.63. The van der Waals surface area contributed by atoms with Crippen LogP contribution < -0.4 is 11.1 Å². The number of primary amides is 1. The van der Waals surface area contributed by atoms with Gasteiger partial charge in [-0.05, 0) is 26.3 Å². The van der Waals surface area contributed by atoms with E-state index in [4.69, 9.17) is 10.5 Å². The molecule has 1 rings (SSSR count). The van der Waals surface area contributed by atoms with Crippen LogP contribution in [0.25, 0.3) is 0 Å². The Morgan fingerprint density at radius 2 is 2.11 bits per heavy atom. The third-order valence-electron chi connectivity index (χ3n) is 2.78. The molecular weight excluding hydrogens is 238 g/mol. The molecule has 1 saturated heterocycles. The molecule has 0 aromatic heterocycles. The van der Waals surface area contributed by atoms with Crippen molar-refractivity contribution < 1.29 is 19.1 Å². The fraction of sp³-hybridized carbons (Fsp3) is 0.727. The van der Waals surface area contributed by atoms with Crippen LogP contribution in [0.2, 0.25) is 0 Å². The van der Waals surface area contributed by atoms with E-state index >= 15 is 0 Å². The zero-order valence-corrected chi connectivity index (χ0v) is 10.5. The number of carbonyl (C=O) groups is 3. The first-order valence-electron chi connectivity index (χ1n) is 6.04. The van der Waals surface area contributed by atoms with Crippen molar-refractivity contribution >= 4 is 17.9 Å². The van der Waals surface area contributed by atoms with Gasteiger partial charge in [0.25, 0.3) is 0 Å². The first-order chi connectivity index (χ1) is 8.54. The number of rotatable bonds is 4. The molecule has 102 valence electrons. The van der Waals surface area contributed by atoms with Crippen LogP contribution in [-0.2, 0) is 14.3 Å². The molecule has 1 aliphatic heterocycles. The fourth-order valence-corrected chi connectivity index (χ4v) is 2.05. The van der Waals surface area contributed by atoms with Gasteiger partial charge in [-0.15, -0.1) is 0 Å². The summed E-state index contributed by atoms with van der Waals surface area (Å²) in [6.45, 7) is 2.67. The smallest absolute Gasteiger partial charge is 0.323 e. The van der Waals surface area contributed by atoms with Crippen LogP contribution in [0.15, 0.2) is 0 Å². The van der Waals surface area contributed by atoms with Crippen LogP contribution in [0.3, 0.4) is 0 Å². The van der Waals surface area contributed by atoms with Gasteiger partial charge in [-0.1, -0.05) is 6.42 Å². The van der Waals surface area contributed by atoms with Gasteiger partial charge >= 0.3 is 12.0 Å². The fourth-order valence-electron chi connectivity index (χ4n) is 2.05. The van der Waals surface area contributed by atoms with E-state index in [9.17, 15) is 14.4 Å². The van der Waals surface area contributed by atoms with Crippen molar-refractivity contribution in [3.63, 3.8) is 0 Å². The third-order valence-corrected chi connectivity index (χ3v) is 2.78. The molecule has 0 radical (unpaired) electrons. The molecule has 0 aliphatic carbocycles. The molecule has 18 heavy (non-hydrogen) atoms. The standard InChI is InChI=1S/C11H19N3O4/c1-2-18-10(16)8-5-3-4-6-14(8)7-9(15)13-11(12)17/h8H,2-7H2,1H3,(H3,12,13,15,17)/t8-/m1/s1. The molecule has 1 fully saturated rings. The van der Waals surface area contributed by atoms with Crippen molar-refractivity contribution in [2.75, 3.05) is 19.7 Å². The monoisotopic (exact) mass is 257 g/mol. The second-order valence-electron chi connectivity index (χ2n) is 4.15. The number of likely N-dealkylation sites (tertiary alicyclic amines) is 1. The minimum Gasteiger partial charge on any atom is -0.465 e. The molecule has 3 N–H and O–H groups in total. The maximum atomic E-state index is 11.7. The zero-order chi connectivity index (χ0) is 13.5. The van der Waals surface area contributed by atoms with Crippen LogP contribution in [-0.4, -0.2) is 48.5 Å². The van der Waals surface area contributed by atoms with E-state index < -0.39 is 18.0 Å². The number of nitrogens with two attached hydrogens (primary N) is 1. The highest BCUT2D eigenvalue weighted by Crippen LogP contribution is 2.17. The number of hydrogen-bond acceptors (Lipinski definition) is 5. The Labute approximate surface area is 106 Å². The van der Waals surface area contributed by atoms with Crippen molar-refractivity contribution in [1.82, 2.24) is 10.2 Å². The lowest BCUT2D eigenvalue weighted by Gasteiger charge is -2.33. The van der Waals surface area contributed by atoms with E-state index in [0.29, 0.717) is 19.6 Å². The highest BCUT2D eigenvalue weighted by Gasteiger charge is 2.31. The van der Waals surface area contributed by atoms with Crippen LogP contribution in [0.5, 0.6) is 0 Å². The van der Waals surface area contributed by atoms with E-state index in [0.717, 1.165) is 12.8 Å². The number of urea groups is 1. The summed E-state index contributed by atoms with van der Waals surface area (Å²) in [6.07, 6.45) is 2.51. The second-order valence-corrected chi connectivity index (χ2v) is 4.15. The van der Waals surface area contributed by atoms with Gasteiger partial charge in [0.2, 0.25) is 5.91 Å². The van der Waals surface area contributed by atoms with Gasteiger partial charge in [-0.2, -0.15) is 0 Å². The number of carbonyl (C=O) groups excluding carboxylic acids is 3. The molecule has 0 bridgehead atoms. The summed E-state index contributed by atoms with van der Waals surface area (Å²) < 4.78 is 4.97. The Morgan fingerprint density at radius 3 is 2.72 bits per heavy atom. The maximum absolute atomic E-state index is 11.7. The van der Waals surface area contributed by atoms with Crippen molar-refractivity contribution in [3.8, 4) is 0 Å². The summed E-state index contributed by atoms with van der Waals surface area (Å²) in [4.78, 5) is 35.4. The lowest BCUT2D eigenvalue weighted by Crippen LogP contribution is -2.50. The van der Waals surface area contributed by atoms with Crippen LogP contribution in [0.4, 0.5) is 4.79 Å². The molecule has 3 amide bonds. The average Bonchev–Trinajstić information content (AvgIpc) is 2.28. The number of amides is 3. The number of esters is 1. The van der Waals surface area contributed by atoms with Gasteiger partial charge < -0.3 is 10.5 Å². The molecule has 0 saturated carbocycles. The van der Waals surface area contributed by atoms with Gasteiger partial charge in [-0.3, -0.25) is 19.8 Å². The topological polar surface area (TPSA) is 102 Å². The first-order valence-corrected chi connectivity index (χ1v) is 6.04. The molecule has 1 aliphatic rings. The molecule has 0 spiro atoms. The highest BCUT2D eigenvalue weighted by atomic mass is 16.5. The second kappa shape index (κ2) is 6.95. The Balaban J connectivity index is 2.56. The van der Waals surface area contributed by atoms with Crippen molar-refractivity contribution in [1.29, 1.82) is 0 Å². The Kier molecular flexibility index (Phi) is 5.57. The summed E-state index contributed by atoms with van der Waals surface area (Å²) >= 11 is 0. The number of hydrogen-bond donors (Lipinski definition) is 2. The van der Waals surface area contributed by atoms with Gasteiger partial charge in [0.05, 0.1) is 13.2 Å². The highest BCUT2D eigenvalue weighted by molar-refractivity contribution is 5.94. The maximum Gasteiger partial charge on any atom is 0.323 e. The number of nitrogens with one attached hydrogen (secondary N) is 1. The van der Waals surface area contributed by atoms with Crippen molar-refractivity contribution in [3.05, 3.63) is 0 Å². The van der Waals surface area contributed by atoms with E-state index in [-0.39, 0.29) is 12.5 Å². The molecule has 0 aromatic rings. The van der Waals surface area contributed by atoms with Gasteiger partial charge in [-0.25, -0.2) is 4.79 Å². The molecule has 7 heteroatoms. The van der Waals surface area contributed by atoms with E-state index in [1.807, 2.05) is 5.32 Å². The number of ether oxygens (including phenoxy) is 1. The zero-order valence-electron chi connectivity index (χ0n) is 10.5. The number of nitrogens with zero attached hydrogens (tertiary/aromatic N) is 1. The quantitative estimate of drug-likeness (QED) is 0.667. The molecule has 1 heterocycles. The number of piperidine rings is 1. The Morgan fingerprint density at radius 1 is 1.39 bits per heavy atom. The summed E-state index contributed by atoms with van der Waals surface area (Å²) in [5.41, 5.74) is 4.86. The summed E-state index contributed by atoms with van der Waals surface area (Å²) in [7, 11) is 0. The van der Waals surface area contributed by atoms with Crippen LogP contribution in [0.1, 0.15) is 26.2 Å². The van der Waals surface area contributed by atoms with Crippen LogP contribution >= 0.6 is 0 Å². The molecule has 7 nitrogen and oxygen atoms in total. The SMILES string of the molecule is CCOC(=O)[C@H]1CCCCN1CC(=O)NC(N)=O. The predicted molar refractivity (Wildman–Crippen MR) is 63.6 cm³/mol. The molecule has 1 atom stereocenters. The van der Waals surface area contributed by atoms with Crippen LogP contribution in [0, 0.1) is 0 Å². The van der Waals surface area contributed by atoms with Crippen molar-refractivity contribution in [2.24, 2.45) is 5.73 Å². The number of imide groups is 1. The minimum absolute atomic E-state index is 0.0214. The minimum atomic E-state index is -0.885. The van der Waals surface area contributed by atoms with E-state index in [1.54, 1.807) is 11.8 Å². The molecule has 0 aromatic carbocycles. The summed E-state index contributed by atoms with van der Waals surface area (Å²) in [6, 6.07) is -1.29. The molecule has 0 unspecified atom stereocenters. The van der Waals surface area contributed by atoms with E-state index in [2.05, 4.69) is 0 Å². The summed E-state index contributed by atoms with van der Waals surface area (Å²) in [5, 5.41) is 1.99. The predicted octanol–water partition coefficient (Wildman–Crippen LogP) is -0.401. The Bertz CT molecular complexity index is 332. The van der Waals surface area contributed by atoms with Gasteiger partial charge in [0, 0.05) is 0 Å². The summed E-state index contributed by atoms with van der Waals surface area (Å²) in [5.74, 6) is -0.817. The average molecular weight is 257 g/mol. The molecular formula is C11H19N3O4. The van der Waals surface area contributed by atoms with Gasteiger partial charge in [0.15, 0.2) is 0 Å².